The maximum atomic E-state index is 17.5. The van der Waals surface area contributed by atoms with Crippen LogP contribution in [-0.2, 0) is 0 Å². The van der Waals surface area contributed by atoms with Gasteiger partial charge < -0.3 is 8.83 Å². The molecule has 5 nitrogen and oxygen atoms in total. The van der Waals surface area contributed by atoms with E-state index in [9.17, 15) is 5.26 Å². The number of hydrogen-bond donors (Lipinski definition) is 0. The maximum absolute atomic E-state index is 17.5. The Balaban J connectivity index is 1.41. The zero-order valence-electron chi connectivity index (χ0n) is 22.5. The average molecular weight is 554 g/mol. The van der Waals surface area contributed by atoms with Crippen LogP contribution in [0.3, 0.4) is 0 Å². The van der Waals surface area contributed by atoms with E-state index in [1.165, 1.54) is 0 Å². The highest BCUT2D eigenvalue weighted by molar-refractivity contribution is 6.52. The molecule has 8 aromatic rings. The van der Waals surface area contributed by atoms with Crippen molar-refractivity contribution in [1.82, 2.24) is 8.96 Å². The standard InChI is InChI=1S/C36H18BFN3O2/c38-37-40-26(17-30-35(40)33-24-7-3-1-5-21(24)13-15-28(33)42-30)32(23-11-9-20(19-39)10-12-23)27-18-31-36(41(27)37)34-25-8-4-2-6-22(25)14-16-29(34)43-31/h1-18H/q+1. The second kappa shape index (κ2) is 7.90. The van der Waals surface area contributed by atoms with Gasteiger partial charge in [-0.3, -0.25) is 4.48 Å². The van der Waals surface area contributed by atoms with E-state index in [1.54, 1.807) is 21.1 Å². The van der Waals surface area contributed by atoms with Crippen LogP contribution in [0, 0.1) is 11.3 Å². The number of halogens is 1. The molecule has 3 aromatic heterocycles. The highest BCUT2D eigenvalue weighted by Crippen LogP contribution is 2.42. The molecule has 198 valence electrons. The van der Waals surface area contributed by atoms with Crippen LogP contribution in [-0.4, -0.2) is 11.7 Å². The summed E-state index contributed by atoms with van der Waals surface area (Å²) in [7, 11) is -1.57. The van der Waals surface area contributed by atoms with Crippen LogP contribution >= 0.6 is 0 Å². The summed E-state index contributed by atoms with van der Waals surface area (Å²) in [5, 5.41) is 16.1. The minimum Gasteiger partial charge on any atom is -0.454 e. The van der Waals surface area contributed by atoms with Gasteiger partial charge >= 0.3 is 7.26 Å². The molecule has 0 spiro atoms. The maximum Gasteiger partial charge on any atom is 0.847 e. The Bertz CT molecular complexity index is 2760. The smallest absolute Gasteiger partial charge is 0.454 e. The molecule has 0 fully saturated rings. The molecule has 0 amide bonds. The van der Waals surface area contributed by atoms with Crippen LogP contribution in [0.1, 0.15) is 16.8 Å². The van der Waals surface area contributed by atoms with Crippen molar-refractivity contribution < 1.29 is 13.1 Å². The number of hydrogen-bond acceptors (Lipinski definition) is 3. The second-order valence-corrected chi connectivity index (χ2v) is 11.1. The Morgan fingerprint density at radius 3 is 2.14 bits per heavy atom. The van der Waals surface area contributed by atoms with Gasteiger partial charge in [0, 0.05) is 6.07 Å². The van der Waals surface area contributed by atoms with Crippen LogP contribution < -0.4 is 15.3 Å². The van der Waals surface area contributed by atoms with Crippen LogP contribution in [0.25, 0.3) is 66.2 Å². The van der Waals surface area contributed by atoms with Crippen molar-refractivity contribution in [2.24, 2.45) is 0 Å². The first-order valence-electron chi connectivity index (χ1n) is 14.1. The third-order valence-electron chi connectivity index (χ3n) is 8.94. The van der Waals surface area contributed by atoms with Gasteiger partial charge in [0.05, 0.1) is 45.3 Å². The quantitative estimate of drug-likeness (QED) is 0.208. The summed E-state index contributed by atoms with van der Waals surface area (Å²) < 4.78 is 33.8. The monoisotopic (exact) mass is 554 g/mol. The largest absolute Gasteiger partial charge is 0.847 e. The first-order chi connectivity index (χ1) is 21.2. The molecule has 5 aromatic carbocycles. The molecule has 0 saturated heterocycles. The number of allylic oxidation sites excluding steroid dienone is 1. The molecule has 0 N–H and O–H groups in total. The minimum atomic E-state index is -1.57. The highest BCUT2D eigenvalue weighted by atomic mass is 19.1. The van der Waals surface area contributed by atoms with Crippen LogP contribution in [0.4, 0.5) is 4.32 Å². The Morgan fingerprint density at radius 2 is 1.42 bits per heavy atom. The summed E-state index contributed by atoms with van der Waals surface area (Å²) in [5.41, 5.74) is 7.10. The molecule has 2 aliphatic heterocycles. The lowest BCUT2D eigenvalue weighted by molar-refractivity contribution is 0.573. The third kappa shape index (κ3) is 2.82. The Kier molecular flexibility index (Phi) is 4.19. The molecule has 2 aliphatic rings. The number of rotatable bonds is 1. The molecule has 0 aliphatic carbocycles. The van der Waals surface area contributed by atoms with Gasteiger partial charge in [0.1, 0.15) is 11.2 Å². The van der Waals surface area contributed by atoms with E-state index >= 15 is 4.32 Å². The van der Waals surface area contributed by atoms with Crippen molar-refractivity contribution in [2.45, 2.75) is 0 Å². The molecule has 43 heavy (non-hydrogen) atoms. The number of nitriles is 1. The lowest BCUT2D eigenvalue weighted by Gasteiger charge is -2.19. The second-order valence-electron chi connectivity index (χ2n) is 11.1. The summed E-state index contributed by atoms with van der Waals surface area (Å²) >= 11 is 0. The molecule has 5 heterocycles. The zero-order valence-corrected chi connectivity index (χ0v) is 22.5. The van der Waals surface area contributed by atoms with Crippen molar-refractivity contribution in [3.05, 3.63) is 136 Å². The molecular weight excluding hydrogens is 536 g/mol. The van der Waals surface area contributed by atoms with Crippen LogP contribution in [0.15, 0.2) is 118 Å². The highest BCUT2D eigenvalue weighted by Gasteiger charge is 2.51. The Labute approximate surface area is 243 Å². The number of furan rings is 2. The van der Waals surface area contributed by atoms with E-state index in [-0.39, 0.29) is 0 Å². The van der Waals surface area contributed by atoms with Crippen molar-refractivity contribution in [2.75, 3.05) is 0 Å². The summed E-state index contributed by atoms with van der Waals surface area (Å²) in [4.78, 5) is 0. The van der Waals surface area contributed by atoms with Gasteiger partial charge in [-0.05, 0) is 51.4 Å². The molecule has 0 saturated carbocycles. The summed E-state index contributed by atoms with van der Waals surface area (Å²) in [5.74, 6) is 0. The van der Waals surface area contributed by atoms with Crippen molar-refractivity contribution in [3.8, 4) is 6.07 Å². The van der Waals surface area contributed by atoms with E-state index in [0.717, 1.165) is 43.5 Å². The Morgan fingerprint density at radius 1 is 0.744 bits per heavy atom. The van der Waals surface area contributed by atoms with Gasteiger partial charge in [0.2, 0.25) is 10.8 Å². The molecule has 10 rings (SSSR count). The molecule has 0 atom stereocenters. The molecule has 0 bridgehead atoms. The average Bonchev–Trinajstić information content (AvgIpc) is 3.79. The summed E-state index contributed by atoms with van der Waals surface area (Å²) in [6.45, 7) is 0. The zero-order chi connectivity index (χ0) is 28.4. The fourth-order valence-corrected chi connectivity index (χ4v) is 7.13. The number of fused-ring (bicyclic) bond motifs is 13. The van der Waals surface area contributed by atoms with Crippen molar-refractivity contribution in [3.63, 3.8) is 0 Å². The third-order valence-corrected chi connectivity index (χ3v) is 8.94. The normalized spacial score (nSPS) is 14.1. The van der Waals surface area contributed by atoms with Crippen LogP contribution in [0.5, 0.6) is 0 Å². The first-order valence-corrected chi connectivity index (χ1v) is 14.1. The van der Waals surface area contributed by atoms with Gasteiger partial charge in [-0.25, -0.2) is 8.80 Å². The van der Waals surface area contributed by atoms with E-state index in [1.807, 2.05) is 72.8 Å². The van der Waals surface area contributed by atoms with Gasteiger partial charge in [0.15, 0.2) is 11.3 Å². The number of aromatic nitrogens is 1. The number of nitrogens with zero attached hydrogens (tertiary/aromatic N) is 3. The molecule has 0 radical (unpaired) electrons. The number of benzene rings is 5. The van der Waals surface area contributed by atoms with E-state index in [4.69, 9.17) is 8.83 Å². The van der Waals surface area contributed by atoms with Crippen LogP contribution in [0.2, 0.25) is 0 Å². The topological polar surface area (TPSA) is 58.0 Å². The Hall–Kier alpha value is -5.87. The van der Waals surface area contributed by atoms with E-state index in [0.29, 0.717) is 50.0 Å². The van der Waals surface area contributed by atoms with Gasteiger partial charge in [-0.1, -0.05) is 72.8 Å². The summed E-state index contributed by atoms with van der Waals surface area (Å²) in [6, 6.07) is 35.8. The summed E-state index contributed by atoms with van der Waals surface area (Å²) in [6.07, 6.45) is 1.94. The lowest BCUT2D eigenvalue weighted by Crippen LogP contribution is -2.47. The fraction of sp³-hybridized carbons (Fsp3) is 0. The van der Waals surface area contributed by atoms with E-state index < -0.39 is 7.26 Å². The first kappa shape index (κ1) is 22.8. The minimum absolute atomic E-state index is 0.562. The molecular formula is C36H18BFN3O2+. The molecule has 7 heteroatoms. The van der Waals surface area contributed by atoms with Crippen molar-refractivity contribution in [1.29, 1.82) is 5.26 Å². The molecule has 0 unspecified atom stereocenters. The SMILES string of the molecule is N#Cc1ccc(C2=C3C=c4oc5ccc6ccccc6c5c4=[N+]3B(F)n3c2cc2oc4ccc5ccccc5c4c23)cc1. The predicted octanol–water partition coefficient (Wildman–Crippen LogP) is 6.87. The fourth-order valence-electron chi connectivity index (χ4n) is 7.13. The van der Waals surface area contributed by atoms with E-state index in [2.05, 4.69) is 30.3 Å². The predicted molar refractivity (Wildman–Crippen MR) is 167 cm³/mol. The van der Waals surface area contributed by atoms with Gasteiger partial charge in [-0.2, -0.15) is 5.26 Å². The van der Waals surface area contributed by atoms with Gasteiger partial charge in [-0.15, -0.1) is 0 Å². The lowest BCUT2D eigenvalue weighted by atomic mass is 9.89. The van der Waals surface area contributed by atoms with Crippen molar-refractivity contribution >= 4 is 73.5 Å². The van der Waals surface area contributed by atoms with Gasteiger partial charge in [0.25, 0.3) is 0 Å².